The minimum atomic E-state index is -3.59. The summed E-state index contributed by atoms with van der Waals surface area (Å²) in [6.07, 6.45) is 14.2. The first kappa shape index (κ1) is 55.9. The maximum Gasteiger partial charge on any atom is 0.256 e. The van der Waals surface area contributed by atoms with E-state index in [0.29, 0.717) is 51.8 Å². The van der Waals surface area contributed by atoms with E-state index in [1.807, 2.05) is 32.2 Å². The number of piperidine rings is 4. The Hall–Kier alpha value is -5.33. The number of aryl methyl sites for hydroxylation is 2. The molecule has 10 rings (SSSR count). The molecule has 25 heteroatoms. The third kappa shape index (κ3) is 14.2. The fourth-order valence-electron chi connectivity index (χ4n) is 9.89. The number of aliphatic hydroxyl groups is 2. The first-order chi connectivity index (χ1) is 35.6. The van der Waals surface area contributed by atoms with Gasteiger partial charge in [0.1, 0.15) is 11.0 Å². The third-order valence-electron chi connectivity index (χ3n) is 13.4. The van der Waals surface area contributed by atoms with Crippen molar-refractivity contribution >= 4 is 95.2 Å². The number of amides is 2. The standard InChI is InChI=1S/C25H31ClN6O4S.C20H21Cl2N5O3S.C5H11NO/c1-16-14-32-23(27-24(16)30-10-5-6-18(33)15-30)13-21(28-32)22-7-3-4-11-31(22)25(34)19-12-17(26)8-9-20(19)29-37(2,35)36;1-12-11-27-18(23-19(12)22)10-16(24-27)17-5-3-4-8-26(17)20(28)14-9-13(21)6-7-15(14)25-31(2,29)30;7-5-2-1-3-6-4-5/h8-9,12-14,18,22,29,33H,3-7,10-11,15H2,1-2H3;6-7,9-11,17,25H,3-5,8H2,1-2H3;5-7H,1-4H2/t18?,22-;17-;/m00./s1. The van der Waals surface area contributed by atoms with Crippen molar-refractivity contribution in [3.63, 3.8) is 0 Å². The Labute approximate surface area is 451 Å². The van der Waals surface area contributed by atoms with Crippen molar-refractivity contribution in [1.29, 1.82) is 0 Å². The van der Waals surface area contributed by atoms with Gasteiger partial charge in [0.25, 0.3) is 11.8 Å². The van der Waals surface area contributed by atoms with E-state index in [-0.39, 0.29) is 58.6 Å². The summed E-state index contributed by atoms with van der Waals surface area (Å²) in [4.78, 5) is 42.1. The van der Waals surface area contributed by atoms with E-state index in [1.54, 1.807) is 37.2 Å². The minimum Gasteiger partial charge on any atom is -0.392 e. The molecule has 6 aromatic rings. The van der Waals surface area contributed by atoms with Crippen LogP contribution >= 0.6 is 34.8 Å². The second-order valence-electron chi connectivity index (χ2n) is 19.6. The molecular weight excluding hydrogens is 1070 g/mol. The van der Waals surface area contributed by atoms with E-state index in [2.05, 4.69) is 29.7 Å². The molecule has 2 amide bonds. The molecule has 404 valence electrons. The number of nitrogens with zero attached hydrogens (tertiary/aromatic N) is 9. The highest BCUT2D eigenvalue weighted by molar-refractivity contribution is 7.92. The third-order valence-corrected chi connectivity index (χ3v) is 15.4. The van der Waals surface area contributed by atoms with Crippen LogP contribution in [-0.4, -0.2) is 142 Å². The first-order valence-corrected chi connectivity index (χ1v) is 29.9. The number of aliphatic hydroxyl groups excluding tert-OH is 2. The number of carbonyl (C=O) groups excluding carboxylic acids is 2. The summed E-state index contributed by atoms with van der Waals surface area (Å²) in [5.41, 5.74) is 5.28. The molecule has 2 aromatic carbocycles. The van der Waals surface area contributed by atoms with Crippen LogP contribution in [-0.2, 0) is 20.0 Å². The zero-order valence-corrected chi connectivity index (χ0v) is 46.1. The molecule has 4 saturated heterocycles. The Balaban J connectivity index is 0.000000178. The van der Waals surface area contributed by atoms with Crippen LogP contribution in [0, 0.1) is 13.8 Å². The lowest BCUT2D eigenvalue weighted by Gasteiger charge is -2.35. The van der Waals surface area contributed by atoms with E-state index in [1.165, 1.54) is 24.3 Å². The van der Waals surface area contributed by atoms with Crippen LogP contribution in [0.25, 0.3) is 11.3 Å². The van der Waals surface area contributed by atoms with Gasteiger partial charge in [-0.05, 0) is 121 Å². The molecule has 4 aliphatic rings. The number of likely N-dealkylation sites (tertiary alicyclic amines) is 2. The van der Waals surface area contributed by atoms with Crippen LogP contribution in [0.3, 0.4) is 0 Å². The van der Waals surface area contributed by atoms with Gasteiger partial charge in [-0.15, -0.1) is 0 Å². The van der Waals surface area contributed by atoms with Gasteiger partial charge in [-0.25, -0.2) is 35.8 Å². The van der Waals surface area contributed by atoms with Gasteiger partial charge in [0, 0.05) is 78.4 Å². The van der Waals surface area contributed by atoms with Crippen LogP contribution < -0.4 is 19.7 Å². The molecule has 4 fully saturated rings. The average molecular weight is 1130 g/mol. The van der Waals surface area contributed by atoms with Gasteiger partial charge >= 0.3 is 0 Å². The second kappa shape index (κ2) is 23.9. The van der Waals surface area contributed by atoms with Gasteiger partial charge in [0.15, 0.2) is 11.3 Å². The summed E-state index contributed by atoms with van der Waals surface area (Å²) in [7, 11) is -7.16. The lowest BCUT2D eigenvalue weighted by molar-refractivity contribution is 0.0600. The number of carbonyl (C=O) groups is 2. The van der Waals surface area contributed by atoms with E-state index in [0.717, 1.165) is 119 Å². The van der Waals surface area contributed by atoms with Crippen molar-refractivity contribution in [3.8, 4) is 0 Å². The van der Waals surface area contributed by atoms with E-state index >= 15 is 0 Å². The molecule has 0 bridgehead atoms. The van der Waals surface area contributed by atoms with E-state index in [9.17, 15) is 31.5 Å². The monoisotopic (exact) mass is 1130 g/mol. The molecule has 4 atom stereocenters. The fourth-order valence-corrected chi connectivity index (χ4v) is 11.5. The lowest BCUT2D eigenvalue weighted by atomic mass is 9.98. The molecule has 0 saturated carbocycles. The summed E-state index contributed by atoms with van der Waals surface area (Å²) >= 11 is 18.5. The Morgan fingerprint density at radius 1 is 0.640 bits per heavy atom. The van der Waals surface area contributed by atoms with Gasteiger partial charge in [0.2, 0.25) is 20.0 Å². The van der Waals surface area contributed by atoms with Crippen molar-refractivity contribution in [2.45, 2.75) is 102 Å². The number of nitrogens with one attached hydrogen (secondary N) is 3. The Morgan fingerprint density at radius 3 is 1.61 bits per heavy atom. The largest absolute Gasteiger partial charge is 0.392 e. The van der Waals surface area contributed by atoms with Gasteiger partial charge in [-0.3, -0.25) is 19.0 Å². The molecule has 75 heavy (non-hydrogen) atoms. The van der Waals surface area contributed by atoms with E-state index < -0.39 is 20.0 Å². The maximum absolute atomic E-state index is 13.8. The predicted octanol–water partition coefficient (Wildman–Crippen LogP) is 7.21. The van der Waals surface area contributed by atoms with Crippen LogP contribution in [0.1, 0.15) is 120 Å². The highest BCUT2D eigenvalue weighted by atomic mass is 35.5. The van der Waals surface area contributed by atoms with Crippen molar-refractivity contribution in [2.75, 3.05) is 66.1 Å². The first-order valence-electron chi connectivity index (χ1n) is 25.0. The smallest absolute Gasteiger partial charge is 0.256 e. The highest BCUT2D eigenvalue weighted by Gasteiger charge is 2.34. The molecule has 5 N–H and O–H groups in total. The summed E-state index contributed by atoms with van der Waals surface area (Å²) in [5.74, 6) is 0.227. The SMILES string of the molecule is Cc1cn2nc([C@@H]3CCCCN3C(=O)c3cc(Cl)ccc3NS(C)(=O)=O)cc2nc1Cl.Cc1cn2nc([C@@H]3CCCCN3C(=O)c3cc(Cl)ccc3NS(C)(=O)=O)cc2nc1N1CCCC(O)C1.OC1CCCNC1. The summed E-state index contributed by atoms with van der Waals surface area (Å²) < 4.78 is 55.6. The molecular formula is C50H63Cl3N12O8S2. The number of benzene rings is 2. The Morgan fingerprint density at radius 2 is 1.15 bits per heavy atom. The fraction of sp³-hybridized carbons (Fsp3) is 0.480. The van der Waals surface area contributed by atoms with Crippen molar-refractivity contribution < 1.29 is 36.6 Å². The van der Waals surface area contributed by atoms with Crippen LogP contribution in [0.4, 0.5) is 17.2 Å². The molecule has 0 spiro atoms. The van der Waals surface area contributed by atoms with Crippen LogP contribution in [0.2, 0.25) is 15.2 Å². The summed E-state index contributed by atoms with van der Waals surface area (Å²) in [6.45, 7) is 8.14. The van der Waals surface area contributed by atoms with Crippen LogP contribution in [0.15, 0.2) is 60.9 Å². The average Bonchev–Trinajstić information content (AvgIpc) is 3.98. The number of hydrogen-bond donors (Lipinski definition) is 5. The summed E-state index contributed by atoms with van der Waals surface area (Å²) in [5, 5.41) is 32.6. The van der Waals surface area contributed by atoms with Crippen molar-refractivity contribution in [2.24, 2.45) is 0 Å². The van der Waals surface area contributed by atoms with Gasteiger partial charge in [-0.1, -0.05) is 34.8 Å². The molecule has 4 aromatic heterocycles. The van der Waals surface area contributed by atoms with Gasteiger partial charge < -0.3 is 30.2 Å². The molecule has 0 radical (unpaired) electrons. The zero-order chi connectivity index (χ0) is 53.8. The lowest BCUT2D eigenvalue weighted by Crippen LogP contribution is -2.39. The molecule has 8 heterocycles. The van der Waals surface area contributed by atoms with Crippen molar-refractivity contribution in [1.82, 2.24) is 44.3 Å². The zero-order valence-electron chi connectivity index (χ0n) is 42.2. The van der Waals surface area contributed by atoms with Crippen molar-refractivity contribution in [3.05, 3.63) is 110 Å². The molecule has 20 nitrogen and oxygen atoms in total. The second-order valence-corrected chi connectivity index (χ2v) is 24.3. The molecule has 0 aliphatic carbocycles. The van der Waals surface area contributed by atoms with E-state index in [4.69, 9.17) is 50.0 Å². The number of halogens is 3. The van der Waals surface area contributed by atoms with Gasteiger partial charge in [-0.2, -0.15) is 10.2 Å². The number of hydrogen-bond acceptors (Lipinski definition) is 14. The quantitative estimate of drug-likeness (QED) is 0.0899. The molecule has 4 aliphatic heterocycles. The molecule has 2 unspecified atom stereocenters. The minimum absolute atomic E-state index is 0.0752. The number of aromatic nitrogens is 6. The van der Waals surface area contributed by atoms with Gasteiger partial charge in [0.05, 0.1) is 70.7 Å². The number of fused-ring (bicyclic) bond motifs is 2. The number of anilines is 3. The Bertz CT molecular complexity index is 3240. The van der Waals surface area contributed by atoms with Crippen LogP contribution in [0.5, 0.6) is 0 Å². The number of β-amino-alcohol motifs (C(OH)–C–C–N with tert-alkyl or cyclic N) is 2. The highest BCUT2D eigenvalue weighted by Crippen LogP contribution is 2.36. The maximum atomic E-state index is 13.8. The number of rotatable bonds is 9. The normalized spacial score (nSPS) is 20.5. The summed E-state index contributed by atoms with van der Waals surface area (Å²) in [6, 6.07) is 12.3. The Kier molecular flexibility index (Phi) is 17.8. The predicted molar refractivity (Wildman–Crippen MR) is 291 cm³/mol. The topological polar surface area (TPSA) is 249 Å². The number of sulfonamides is 2.